The molecule has 0 amide bonds. The van der Waals surface area contributed by atoms with Crippen LogP contribution in [0, 0.1) is 5.82 Å². The SMILES string of the molecule is CCCOc1ccccc1OC(CN)c1ccc(F)cc1. The Labute approximate surface area is 124 Å². The monoisotopic (exact) mass is 289 g/mol. The molecule has 2 aromatic carbocycles. The molecule has 3 nitrogen and oxygen atoms in total. The van der Waals surface area contributed by atoms with Crippen molar-refractivity contribution < 1.29 is 13.9 Å². The number of benzene rings is 2. The van der Waals surface area contributed by atoms with E-state index in [1.807, 2.05) is 31.2 Å². The quantitative estimate of drug-likeness (QED) is 0.845. The second-order valence-corrected chi connectivity index (χ2v) is 4.69. The number of para-hydroxylation sites is 2. The molecule has 2 N–H and O–H groups in total. The maximum Gasteiger partial charge on any atom is 0.162 e. The van der Waals surface area contributed by atoms with Gasteiger partial charge in [0.2, 0.25) is 0 Å². The molecule has 1 atom stereocenters. The largest absolute Gasteiger partial charge is 0.490 e. The van der Waals surface area contributed by atoms with Crippen LogP contribution in [-0.2, 0) is 0 Å². The second-order valence-electron chi connectivity index (χ2n) is 4.69. The molecule has 0 aliphatic rings. The molecule has 0 aliphatic carbocycles. The minimum atomic E-state index is -0.336. The van der Waals surface area contributed by atoms with Gasteiger partial charge in [-0.1, -0.05) is 31.2 Å². The summed E-state index contributed by atoms with van der Waals surface area (Å²) in [6.07, 6.45) is 0.587. The molecule has 0 aromatic heterocycles. The van der Waals surface area contributed by atoms with Crippen LogP contribution in [0.3, 0.4) is 0 Å². The van der Waals surface area contributed by atoms with Crippen molar-refractivity contribution >= 4 is 0 Å². The van der Waals surface area contributed by atoms with E-state index < -0.39 is 0 Å². The Morgan fingerprint density at radius 3 is 2.33 bits per heavy atom. The van der Waals surface area contributed by atoms with Gasteiger partial charge in [-0.2, -0.15) is 0 Å². The van der Waals surface area contributed by atoms with E-state index in [4.69, 9.17) is 15.2 Å². The first-order valence-corrected chi connectivity index (χ1v) is 7.08. The fourth-order valence-electron chi connectivity index (χ4n) is 1.96. The molecule has 0 bridgehead atoms. The highest BCUT2D eigenvalue weighted by molar-refractivity contribution is 5.40. The van der Waals surface area contributed by atoms with E-state index in [0.717, 1.165) is 12.0 Å². The summed E-state index contributed by atoms with van der Waals surface area (Å²) in [6, 6.07) is 13.7. The van der Waals surface area contributed by atoms with Gasteiger partial charge in [0.1, 0.15) is 11.9 Å². The lowest BCUT2D eigenvalue weighted by molar-refractivity contribution is 0.198. The second kappa shape index (κ2) is 7.64. The fourth-order valence-corrected chi connectivity index (χ4v) is 1.96. The highest BCUT2D eigenvalue weighted by atomic mass is 19.1. The van der Waals surface area contributed by atoms with Crippen molar-refractivity contribution in [1.82, 2.24) is 0 Å². The third-order valence-electron chi connectivity index (χ3n) is 3.04. The van der Waals surface area contributed by atoms with E-state index in [9.17, 15) is 4.39 Å². The Bertz CT molecular complexity index is 557. The lowest BCUT2D eigenvalue weighted by Crippen LogP contribution is -2.18. The molecule has 0 saturated heterocycles. The zero-order valence-electron chi connectivity index (χ0n) is 12.1. The summed E-state index contributed by atoms with van der Waals surface area (Å²) in [6.45, 7) is 2.97. The van der Waals surface area contributed by atoms with Gasteiger partial charge in [-0.3, -0.25) is 0 Å². The van der Waals surface area contributed by atoms with Crippen LogP contribution in [0.2, 0.25) is 0 Å². The van der Waals surface area contributed by atoms with E-state index >= 15 is 0 Å². The molecule has 2 rings (SSSR count). The van der Waals surface area contributed by atoms with Crippen molar-refractivity contribution in [1.29, 1.82) is 0 Å². The molecule has 0 saturated carbocycles. The summed E-state index contributed by atoms with van der Waals surface area (Å²) >= 11 is 0. The third-order valence-corrected chi connectivity index (χ3v) is 3.04. The maximum atomic E-state index is 13.0. The Hall–Kier alpha value is -2.07. The highest BCUT2D eigenvalue weighted by Crippen LogP contribution is 2.31. The summed E-state index contributed by atoms with van der Waals surface area (Å²) < 4.78 is 24.6. The highest BCUT2D eigenvalue weighted by Gasteiger charge is 2.14. The van der Waals surface area contributed by atoms with Crippen molar-refractivity contribution in [2.75, 3.05) is 13.2 Å². The van der Waals surface area contributed by atoms with Crippen molar-refractivity contribution in [2.24, 2.45) is 5.73 Å². The molecule has 0 spiro atoms. The smallest absolute Gasteiger partial charge is 0.162 e. The molecule has 1 unspecified atom stereocenters. The van der Waals surface area contributed by atoms with E-state index in [1.165, 1.54) is 12.1 Å². The lowest BCUT2D eigenvalue weighted by atomic mass is 10.1. The zero-order valence-corrected chi connectivity index (χ0v) is 12.1. The topological polar surface area (TPSA) is 44.5 Å². The van der Waals surface area contributed by atoms with Crippen molar-refractivity contribution in [3.05, 3.63) is 59.9 Å². The van der Waals surface area contributed by atoms with Gasteiger partial charge in [0.15, 0.2) is 11.5 Å². The maximum absolute atomic E-state index is 13.0. The van der Waals surface area contributed by atoms with Gasteiger partial charge in [0.05, 0.1) is 6.61 Å². The van der Waals surface area contributed by atoms with Crippen LogP contribution in [-0.4, -0.2) is 13.2 Å². The third kappa shape index (κ3) is 4.20. The fraction of sp³-hybridized carbons (Fsp3) is 0.294. The van der Waals surface area contributed by atoms with Gasteiger partial charge in [-0.25, -0.2) is 4.39 Å². The first-order chi connectivity index (χ1) is 10.2. The van der Waals surface area contributed by atoms with Gasteiger partial charge in [-0.05, 0) is 36.2 Å². The molecule has 4 heteroatoms. The van der Waals surface area contributed by atoms with Crippen LogP contribution < -0.4 is 15.2 Å². The number of rotatable bonds is 7. The summed E-state index contributed by atoms with van der Waals surface area (Å²) in [4.78, 5) is 0. The lowest BCUT2D eigenvalue weighted by Gasteiger charge is -2.20. The molecular formula is C17H20FNO2. The average molecular weight is 289 g/mol. The Morgan fingerprint density at radius 2 is 1.71 bits per heavy atom. The summed E-state index contributed by atoms with van der Waals surface area (Å²) in [5.74, 6) is 1.06. The predicted octanol–water partition coefficient (Wildman–Crippen LogP) is 3.69. The van der Waals surface area contributed by atoms with Gasteiger partial charge in [0.25, 0.3) is 0 Å². The summed E-state index contributed by atoms with van der Waals surface area (Å²) in [5.41, 5.74) is 6.62. The Morgan fingerprint density at radius 1 is 1.05 bits per heavy atom. The average Bonchev–Trinajstić information content (AvgIpc) is 2.52. The van der Waals surface area contributed by atoms with E-state index in [1.54, 1.807) is 12.1 Å². The molecule has 21 heavy (non-hydrogen) atoms. The minimum absolute atomic E-state index is 0.277. The van der Waals surface area contributed by atoms with Crippen molar-refractivity contribution in [3.8, 4) is 11.5 Å². The summed E-state index contributed by atoms with van der Waals surface area (Å²) in [5, 5.41) is 0. The van der Waals surface area contributed by atoms with Crippen LogP contribution in [0.1, 0.15) is 25.0 Å². The number of nitrogens with two attached hydrogens (primary N) is 1. The Balaban J connectivity index is 2.16. The zero-order chi connectivity index (χ0) is 15.1. The standard InChI is InChI=1S/C17H20FNO2/c1-2-11-20-15-5-3-4-6-16(15)21-17(12-19)13-7-9-14(18)10-8-13/h3-10,17H,2,11-12,19H2,1H3. The van der Waals surface area contributed by atoms with E-state index in [0.29, 0.717) is 24.7 Å². The van der Waals surface area contributed by atoms with Crippen molar-refractivity contribution in [2.45, 2.75) is 19.4 Å². The van der Waals surface area contributed by atoms with Crippen LogP contribution in [0.15, 0.2) is 48.5 Å². The van der Waals surface area contributed by atoms with Gasteiger partial charge >= 0.3 is 0 Å². The number of halogens is 1. The molecular weight excluding hydrogens is 269 g/mol. The predicted molar refractivity (Wildman–Crippen MR) is 81.1 cm³/mol. The van der Waals surface area contributed by atoms with Crippen LogP contribution in [0.25, 0.3) is 0 Å². The van der Waals surface area contributed by atoms with E-state index in [-0.39, 0.29) is 11.9 Å². The van der Waals surface area contributed by atoms with Crippen LogP contribution >= 0.6 is 0 Å². The number of hydrogen-bond donors (Lipinski definition) is 1. The number of hydrogen-bond acceptors (Lipinski definition) is 3. The first-order valence-electron chi connectivity index (χ1n) is 7.08. The van der Waals surface area contributed by atoms with Gasteiger partial charge < -0.3 is 15.2 Å². The molecule has 0 aliphatic heterocycles. The molecule has 0 radical (unpaired) electrons. The van der Waals surface area contributed by atoms with Gasteiger partial charge in [-0.15, -0.1) is 0 Å². The summed E-state index contributed by atoms with van der Waals surface area (Å²) in [7, 11) is 0. The van der Waals surface area contributed by atoms with Crippen LogP contribution in [0.4, 0.5) is 4.39 Å². The minimum Gasteiger partial charge on any atom is -0.490 e. The first kappa shape index (κ1) is 15.3. The van der Waals surface area contributed by atoms with Gasteiger partial charge in [0, 0.05) is 6.54 Å². The van der Waals surface area contributed by atoms with Crippen LogP contribution in [0.5, 0.6) is 11.5 Å². The molecule has 0 fully saturated rings. The van der Waals surface area contributed by atoms with E-state index in [2.05, 4.69) is 0 Å². The normalized spacial score (nSPS) is 12.0. The molecule has 112 valence electrons. The molecule has 2 aromatic rings. The molecule has 0 heterocycles. The Kier molecular flexibility index (Phi) is 5.58. The number of ether oxygens (including phenoxy) is 2. The van der Waals surface area contributed by atoms with Crippen molar-refractivity contribution in [3.63, 3.8) is 0 Å².